The Morgan fingerprint density at radius 2 is 1.93 bits per heavy atom. The van der Waals surface area contributed by atoms with E-state index in [0.29, 0.717) is 56.3 Å². The van der Waals surface area contributed by atoms with Gasteiger partial charge in [-0.05, 0) is 30.2 Å². The van der Waals surface area contributed by atoms with Gasteiger partial charge in [0.05, 0.1) is 6.26 Å². The summed E-state index contributed by atoms with van der Waals surface area (Å²) in [7, 11) is 0. The number of carbonyl (C=O) groups excluding carboxylic acids is 1. The number of hydrogen-bond donors (Lipinski definition) is 1. The van der Waals surface area contributed by atoms with E-state index in [1.807, 2.05) is 12.1 Å². The Labute approximate surface area is 168 Å². The molecule has 8 heteroatoms. The van der Waals surface area contributed by atoms with Crippen molar-refractivity contribution < 1.29 is 13.6 Å². The standard InChI is InChI=1S/C21H22FN5O2/c22-17-5-2-1-4-16(17)7-8-23-19-14-20(25-15-24-19)26-9-11-27(12-10-26)21(28)18-6-3-13-29-18/h1-6,13-15H,7-12H2,(H,23,24,25). The maximum atomic E-state index is 13.7. The largest absolute Gasteiger partial charge is 0.459 e. The maximum Gasteiger partial charge on any atom is 0.289 e. The number of benzene rings is 1. The van der Waals surface area contributed by atoms with E-state index in [1.54, 1.807) is 29.2 Å². The second kappa shape index (κ2) is 8.72. The molecule has 0 atom stereocenters. The van der Waals surface area contributed by atoms with Gasteiger partial charge in [0.1, 0.15) is 23.8 Å². The first-order chi connectivity index (χ1) is 14.2. The van der Waals surface area contributed by atoms with Crippen LogP contribution in [0.15, 0.2) is 59.5 Å². The van der Waals surface area contributed by atoms with Crippen LogP contribution in [0.5, 0.6) is 0 Å². The molecular weight excluding hydrogens is 373 g/mol. The number of piperazine rings is 1. The van der Waals surface area contributed by atoms with Gasteiger partial charge < -0.3 is 19.5 Å². The van der Waals surface area contributed by atoms with E-state index in [9.17, 15) is 9.18 Å². The molecule has 1 amide bonds. The molecule has 1 aliphatic heterocycles. The molecule has 1 saturated heterocycles. The zero-order valence-electron chi connectivity index (χ0n) is 15.9. The molecule has 0 unspecified atom stereocenters. The van der Waals surface area contributed by atoms with Gasteiger partial charge in [-0.3, -0.25) is 4.79 Å². The SMILES string of the molecule is O=C(c1ccco1)N1CCN(c2cc(NCCc3ccccc3F)ncn2)CC1. The fourth-order valence-corrected chi connectivity index (χ4v) is 3.34. The van der Waals surface area contributed by atoms with E-state index in [4.69, 9.17) is 4.42 Å². The second-order valence-electron chi connectivity index (χ2n) is 6.79. The molecule has 4 rings (SSSR count). The summed E-state index contributed by atoms with van der Waals surface area (Å²) >= 11 is 0. The van der Waals surface area contributed by atoms with Crippen LogP contribution >= 0.6 is 0 Å². The molecule has 0 spiro atoms. The number of amides is 1. The second-order valence-corrected chi connectivity index (χ2v) is 6.79. The summed E-state index contributed by atoms with van der Waals surface area (Å²) in [6, 6.07) is 12.0. The number of rotatable bonds is 6. The van der Waals surface area contributed by atoms with Crippen molar-refractivity contribution in [2.75, 3.05) is 42.9 Å². The average molecular weight is 395 g/mol. The summed E-state index contributed by atoms with van der Waals surface area (Å²) < 4.78 is 18.9. The van der Waals surface area contributed by atoms with Gasteiger partial charge in [0.15, 0.2) is 5.76 Å². The third-order valence-electron chi connectivity index (χ3n) is 4.93. The molecule has 1 aliphatic rings. The molecule has 2 aromatic heterocycles. The lowest BCUT2D eigenvalue weighted by atomic mass is 10.1. The Hall–Kier alpha value is -3.42. The molecule has 0 saturated carbocycles. The Kier molecular flexibility index (Phi) is 5.69. The van der Waals surface area contributed by atoms with Crippen LogP contribution in [0.2, 0.25) is 0 Å². The van der Waals surface area contributed by atoms with Gasteiger partial charge in [-0.1, -0.05) is 18.2 Å². The Bertz CT molecular complexity index is 955. The van der Waals surface area contributed by atoms with Crippen LogP contribution in [-0.4, -0.2) is 53.5 Å². The summed E-state index contributed by atoms with van der Waals surface area (Å²) in [5.74, 6) is 1.58. The highest BCUT2D eigenvalue weighted by molar-refractivity contribution is 5.91. The normalized spacial score (nSPS) is 14.1. The number of anilines is 2. The number of halogens is 1. The van der Waals surface area contributed by atoms with Gasteiger partial charge in [0.25, 0.3) is 5.91 Å². The van der Waals surface area contributed by atoms with Crippen LogP contribution in [-0.2, 0) is 6.42 Å². The highest BCUT2D eigenvalue weighted by atomic mass is 19.1. The molecule has 7 nitrogen and oxygen atoms in total. The molecule has 29 heavy (non-hydrogen) atoms. The van der Waals surface area contributed by atoms with E-state index < -0.39 is 0 Å². The molecule has 3 heterocycles. The van der Waals surface area contributed by atoms with Crippen molar-refractivity contribution in [2.45, 2.75) is 6.42 Å². The third kappa shape index (κ3) is 4.53. The first kappa shape index (κ1) is 18.9. The smallest absolute Gasteiger partial charge is 0.289 e. The van der Waals surface area contributed by atoms with Gasteiger partial charge in [-0.15, -0.1) is 0 Å². The monoisotopic (exact) mass is 395 g/mol. The van der Waals surface area contributed by atoms with E-state index >= 15 is 0 Å². The van der Waals surface area contributed by atoms with Gasteiger partial charge in [0.2, 0.25) is 0 Å². The predicted molar refractivity (Wildman–Crippen MR) is 107 cm³/mol. The molecule has 1 N–H and O–H groups in total. The molecule has 0 bridgehead atoms. The van der Waals surface area contributed by atoms with Crippen LogP contribution in [0.25, 0.3) is 0 Å². The van der Waals surface area contributed by atoms with Crippen molar-refractivity contribution in [3.05, 3.63) is 72.2 Å². The van der Waals surface area contributed by atoms with E-state index in [1.165, 1.54) is 18.7 Å². The van der Waals surface area contributed by atoms with Gasteiger partial charge in [-0.2, -0.15) is 0 Å². The van der Waals surface area contributed by atoms with Gasteiger partial charge in [-0.25, -0.2) is 14.4 Å². The zero-order valence-corrected chi connectivity index (χ0v) is 15.9. The van der Waals surface area contributed by atoms with Crippen LogP contribution in [0.4, 0.5) is 16.0 Å². The summed E-state index contributed by atoms with van der Waals surface area (Å²) in [6.07, 6.45) is 3.59. The van der Waals surface area contributed by atoms with E-state index in [-0.39, 0.29) is 11.7 Å². The predicted octanol–water partition coefficient (Wildman–Crippen LogP) is 2.83. The quantitative estimate of drug-likeness (QED) is 0.692. The fourth-order valence-electron chi connectivity index (χ4n) is 3.34. The molecular formula is C21H22FN5O2. The van der Waals surface area contributed by atoms with Gasteiger partial charge >= 0.3 is 0 Å². The van der Waals surface area contributed by atoms with Crippen LogP contribution < -0.4 is 10.2 Å². The lowest BCUT2D eigenvalue weighted by Gasteiger charge is -2.35. The number of aromatic nitrogens is 2. The third-order valence-corrected chi connectivity index (χ3v) is 4.93. The minimum Gasteiger partial charge on any atom is -0.459 e. The maximum absolute atomic E-state index is 13.7. The van der Waals surface area contributed by atoms with Crippen LogP contribution in [0, 0.1) is 5.82 Å². The topological polar surface area (TPSA) is 74.5 Å². The summed E-state index contributed by atoms with van der Waals surface area (Å²) in [4.78, 5) is 24.9. The lowest BCUT2D eigenvalue weighted by molar-refractivity contribution is 0.0714. The number of nitrogens with zero attached hydrogens (tertiary/aromatic N) is 4. The van der Waals surface area contributed by atoms with Crippen LogP contribution in [0.3, 0.4) is 0 Å². The van der Waals surface area contributed by atoms with E-state index in [0.717, 1.165) is 5.82 Å². The minimum absolute atomic E-state index is 0.0900. The Morgan fingerprint density at radius 3 is 2.69 bits per heavy atom. The molecule has 1 fully saturated rings. The van der Waals surface area contributed by atoms with Crippen molar-refractivity contribution in [2.24, 2.45) is 0 Å². The highest BCUT2D eigenvalue weighted by Gasteiger charge is 2.24. The first-order valence-corrected chi connectivity index (χ1v) is 9.58. The molecule has 0 aliphatic carbocycles. The lowest BCUT2D eigenvalue weighted by Crippen LogP contribution is -2.49. The Morgan fingerprint density at radius 1 is 1.10 bits per heavy atom. The van der Waals surface area contributed by atoms with E-state index in [2.05, 4.69) is 20.2 Å². The average Bonchev–Trinajstić information content (AvgIpc) is 3.30. The molecule has 1 aromatic carbocycles. The van der Waals surface area contributed by atoms with Gasteiger partial charge in [0, 0.05) is 38.8 Å². The molecule has 150 valence electrons. The molecule has 0 radical (unpaired) electrons. The first-order valence-electron chi connectivity index (χ1n) is 9.58. The molecule has 3 aromatic rings. The summed E-state index contributed by atoms with van der Waals surface area (Å²) in [5, 5.41) is 3.22. The van der Waals surface area contributed by atoms with Crippen molar-refractivity contribution in [1.29, 1.82) is 0 Å². The summed E-state index contributed by atoms with van der Waals surface area (Å²) in [6.45, 7) is 3.12. The van der Waals surface area contributed by atoms with Crippen molar-refractivity contribution in [1.82, 2.24) is 14.9 Å². The van der Waals surface area contributed by atoms with Crippen LogP contribution in [0.1, 0.15) is 16.1 Å². The zero-order chi connectivity index (χ0) is 20.1. The summed E-state index contributed by atoms with van der Waals surface area (Å²) in [5.41, 5.74) is 0.673. The number of carbonyl (C=O) groups is 1. The number of nitrogens with one attached hydrogen (secondary N) is 1. The fraction of sp³-hybridized carbons (Fsp3) is 0.286. The number of hydrogen-bond acceptors (Lipinski definition) is 6. The number of furan rings is 1. The highest BCUT2D eigenvalue weighted by Crippen LogP contribution is 2.18. The van der Waals surface area contributed by atoms with Crippen molar-refractivity contribution >= 4 is 17.5 Å². The Balaban J connectivity index is 1.31. The van der Waals surface area contributed by atoms with Crippen molar-refractivity contribution in [3.63, 3.8) is 0 Å². The van der Waals surface area contributed by atoms with Crippen molar-refractivity contribution in [3.8, 4) is 0 Å². The minimum atomic E-state index is -0.195.